The summed E-state index contributed by atoms with van der Waals surface area (Å²) in [6, 6.07) is 6.08. The van der Waals surface area contributed by atoms with Crippen molar-refractivity contribution in [2.75, 3.05) is 39.3 Å². The van der Waals surface area contributed by atoms with Crippen LogP contribution >= 0.6 is 11.6 Å². The second-order valence-electron chi connectivity index (χ2n) is 8.29. The highest BCUT2D eigenvalue weighted by Gasteiger charge is 2.48. The normalized spacial score (nSPS) is 23.8. The topological polar surface area (TPSA) is 78.0 Å². The molecule has 1 spiro atoms. The van der Waals surface area contributed by atoms with E-state index < -0.39 is 15.4 Å². The summed E-state index contributed by atoms with van der Waals surface area (Å²) in [5.41, 5.74) is -0.604. The fraction of sp³-hybridized carbons (Fsp3) is 0.600. The Morgan fingerprint density at radius 3 is 2.34 bits per heavy atom. The van der Waals surface area contributed by atoms with Crippen molar-refractivity contribution in [2.45, 2.75) is 32.1 Å². The van der Waals surface area contributed by atoms with E-state index in [4.69, 9.17) is 11.6 Å². The van der Waals surface area contributed by atoms with Crippen LogP contribution in [0.15, 0.2) is 29.2 Å². The Labute approximate surface area is 177 Å². The molecule has 2 aliphatic rings. The van der Waals surface area contributed by atoms with Crippen LogP contribution in [0.25, 0.3) is 0 Å². The molecule has 0 saturated carbocycles. The van der Waals surface area contributed by atoms with Crippen molar-refractivity contribution in [3.05, 3.63) is 29.3 Å². The van der Waals surface area contributed by atoms with E-state index in [0.29, 0.717) is 31.2 Å². The van der Waals surface area contributed by atoms with Crippen molar-refractivity contribution < 1.29 is 18.0 Å². The number of hydrogen-bond donors (Lipinski definition) is 0. The van der Waals surface area contributed by atoms with Crippen LogP contribution in [0.4, 0.5) is 0 Å². The first-order valence-corrected chi connectivity index (χ1v) is 11.7. The van der Waals surface area contributed by atoms with Gasteiger partial charge in [0.25, 0.3) is 0 Å². The molecule has 2 amide bonds. The monoisotopic (exact) mass is 441 g/mol. The molecule has 9 heteroatoms. The van der Waals surface area contributed by atoms with Gasteiger partial charge in [0.15, 0.2) is 0 Å². The minimum absolute atomic E-state index is 0.00943. The van der Waals surface area contributed by atoms with Crippen molar-refractivity contribution in [1.29, 1.82) is 0 Å². The summed E-state index contributed by atoms with van der Waals surface area (Å²) < 4.78 is 28.1. The second kappa shape index (κ2) is 8.24. The van der Waals surface area contributed by atoms with Gasteiger partial charge in [-0.05, 0) is 31.2 Å². The molecular formula is C20H28ClN3O4S. The van der Waals surface area contributed by atoms with Crippen LogP contribution in [-0.4, -0.2) is 73.6 Å². The predicted molar refractivity (Wildman–Crippen MR) is 111 cm³/mol. The van der Waals surface area contributed by atoms with Gasteiger partial charge >= 0.3 is 0 Å². The maximum atomic E-state index is 13.3. The third-order valence-electron chi connectivity index (χ3n) is 5.70. The van der Waals surface area contributed by atoms with Crippen LogP contribution in [0.2, 0.25) is 5.02 Å². The molecule has 1 aromatic rings. The average Bonchev–Trinajstić information content (AvgIpc) is 2.85. The van der Waals surface area contributed by atoms with Crippen LogP contribution in [0, 0.1) is 11.3 Å². The van der Waals surface area contributed by atoms with E-state index in [0.717, 1.165) is 0 Å². The molecule has 0 aliphatic carbocycles. The predicted octanol–water partition coefficient (Wildman–Crippen LogP) is 2.07. The summed E-state index contributed by atoms with van der Waals surface area (Å²) in [4.78, 5) is 28.9. The molecule has 0 bridgehead atoms. The highest BCUT2D eigenvalue weighted by atomic mass is 35.5. The van der Waals surface area contributed by atoms with E-state index in [1.54, 1.807) is 21.9 Å². The first kappa shape index (κ1) is 22.1. The van der Waals surface area contributed by atoms with Crippen LogP contribution in [0.1, 0.15) is 27.2 Å². The Bertz CT molecular complexity index is 887. The first-order valence-electron chi connectivity index (χ1n) is 9.90. The number of rotatable bonds is 4. The highest BCUT2D eigenvalue weighted by molar-refractivity contribution is 7.89. The molecule has 2 saturated heterocycles. The van der Waals surface area contributed by atoms with Gasteiger partial charge in [-0.1, -0.05) is 25.4 Å². The molecule has 160 valence electrons. The number of halogens is 1. The lowest BCUT2D eigenvalue weighted by molar-refractivity contribution is -0.135. The van der Waals surface area contributed by atoms with Gasteiger partial charge in [0.05, 0.1) is 4.90 Å². The van der Waals surface area contributed by atoms with Crippen LogP contribution in [0.5, 0.6) is 0 Å². The van der Waals surface area contributed by atoms with Crippen molar-refractivity contribution in [2.24, 2.45) is 11.3 Å². The Kier molecular flexibility index (Phi) is 6.27. The summed E-state index contributed by atoms with van der Waals surface area (Å²) in [7, 11) is -3.77. The van der Waals surface area contributed by atoms with Crippen molar-refractivity contribution in [3.63, 3.8) is 0 Å². The zero-order valence-electron chi connectivity index (χ0n) is 17.1. The van der Waals surface area contributed by atoms with E-state index in [1.165, 1.54) is 16.4 Å². The number of carbonyl (C=O) groups is 2. The van der Waals surface area contributed by atoms with Gasteiger partial charge in [-0.15, -0.1) is 0 Å². The minimum Gasteiger partial charge on any atom is -0.342 e. The van der Waals surface area contributed by atoms with E-state index >= 15 is 0 Å². The summed E-state index contributed by atoms with van der Waals surface area (Å²) in [5.74, 6) is -0.196. The molecule has 1 unspecified atom stereocenters. The molecule has 0 aromatic heterocycles. The zero-order valence-corrected chi connectivity index (χ0v) is 18.7. The second-order valence-corrected chi connectivity index (χ2v) is 10.7. The molecule has 2 fully saturated rings. The lowest BCUT2D eigenvalue weighted by atomic mass is 9.86. The Balaban J connectivity index is 1.96. The third-order valence-corrected chi connectivity index (χ3v) is 7.81. The van der Waals surface area contributed by atoms with Crippen molar-refractivity contribution >= 4 is 33.4 Å². The molecule has 7 nitrogen and oxygen atoms in total. The number of sulfonamides is 1. The molecular weight excluding hydrogens is 414 g/mol. The first-order chi connectivity index (χ1) is 13.6. The summed E-state index contributed by atoms with van der Waals surface area (Å²) in [6.07, 6.45) is 0.245. The lowest BCUT2D eigenvalue weighted by Gasteiger charge is -2.34. The molecule has 0 N–H and O–H groups in total. The summed E-state index contributed by atoms with van der Waals surface area (Å²) in [6.45, 7) is 7.71. The average molecular weight is 442 g/mol. The zero-order chi connectivity index (χ0) is 21.4. The van der Waals surface area contributed by atoms with Gasteiger partial charge < -0.3 is 9.80 Å². The molecule has 1 atom stereocenters. The quantitative estimate of drug-likeness (QED) is 0.716. The van der Waals surface area contributed by atoms with Crippen LogP contribution in [0.3, 0.4) is 0 Å². The van der Waals surface area contributed by atoms with E-state index in [1.807, 2.05) is 20.8 Å². The van der Waals surface area contributed by atoms with E-state index in [9.17, 15) is 18.0 Å². The molecule has 2 heterocycles. The van der Waals surface area contributed by atoms with Gasteiger partial charge in [0.1, 0.15) is 0 Å². The largest absolute Gasteiger partial charge is 0.342 e. The molecule has 1 aromatic carbocycles. The van der Waals surface area contributed by atoms with E-state index in [2.05, 4.69) is 0 Å². The number of benzene rings is 1. The van der Waals surface area contributed by atoms with Gasteiger partial charge in [-0.25, -0.2) is 8.42 Å². The molecule has 0 radical (unpaired) electrons. The molecule has 2 aliphatic heterocycles. The Morgan fingerprint density at radius 2 is 1.79 bits per heavy atom. The number of likely N-dealkylation sites (tertiary alicyclic amines) is 1. The number of carbonyl (C=O) groups excluding carboxylic acids is 2. The lowest BCUT2D eigenvalue weighted by Crippen LogP contribution is -2.46. The fourth-order valence-electron chi connectivity index (χ4n) is 4.21. The molecule has 29 heavy (non-hydrogen) atoms. The smallest absolute Gasteiger partial charge is 0.243 e. The SMILES string of the molecule is CCN1CC2(CC1=O)CN(C(=O)C(C)C)CCN(S(=O)(=O)c1ccc(Cl)cc1)C2. The third kappa shape index (κ3) is 4.44. The number of amides is 2. The van der Waals surface area contributed by atoms with E-state index in [-0.39, 0.29) is 42.1 Å². The van der Waals surface area contributed by atoms with Gasteiger partial charge in [-0.3, -0.25) is 9.59 Å². The standard InChI is InChI=1S/C20H28ClN3O4S/c1-4-22-12-20(11-18(22)25)13-23(19(26)15(2)3)9-10-24(14-20)29(27,28)17-7-5-16(21)6-8-17/h5-8,15H,4,9-14H2,1-3H3. The van der Waals surface area contributed by atoms with Gasteiger partial charge in [-0.2, -0.15) is 4.31 Å². The maximum absolute atomic E-state index is 13.3. The highest BCUT2D eigenvalue weighted by Crippen LogP contribution is 2.37. The molecule has 3 rings (SSSR count). The maximum Gasteiger partial charge on any atom is 0.243 e. The minimum atomic E-state index is -3.77. The summed E-state index contributed by atoms with van der Waals surface area (Å²) in [5, 5.41) is 0.463. The Hall–Kier alpha value is -1.64. The van der Waals surface area contributed by atoms with Crippen LogP contribution in [-0.2, 0) is 19.6 Å². The van der Waals surface area contributed by atoms with Crippen LogP contribution < -0.4 is 0 Å². The Morgan fingerprint density at radius 1 is 1.14 bits per heavy atom. The van der Waals surface area contributed by atoms with Gasteiger partial charge in [0, 0.05) is 62.0 Å². The van der Waals surface area contributed by atoms with Crippen molar-refractivity contribution in [1.82, 2.24) is 14.1 Å². The number of nitrogens with zero attached hydrogens (tertiary/aromatic N) is 3. The van der Waals surface area contributed by atoms with Gasteiger partial charge in [0.2, 0.25) is 21.8 Å². The number of hydrogen-bond acceptors (Lipinski definition) is 4. The fourth-order valence-corrected chi connectivity index (χ4v) is 5.88. The van der Waals surface area contributed by atoms with Crippen molar-refractivity contribution in [3.8, 4) is 0 Å². The summed E-state index contributed by atoms with van der Waals surface area (Å²) >= 11 is 5.91.